The SMILES string of the molecule is COc1ccc(-c2nn(CN3CCCC3)c(=S)o2)cc1F. The Balaban J connectivity index is 1.86. The molecule has 0 aliphatic carbocycles. The highest BCUT2D eigenvalue weighted by molar-refractivity contribution is 7.71. The summed E-state index contributed by atoms with van der Waals surface area (Å²) in [4.78, 5) is 2.56. The Kier molecular flexibility index (Phi) is 4.03. The number of halogens is 1. The Hall–Kier alpha value is -1.73. The van der Waals surface area contributed by atoms with Gasteiger partial charge in [-0.1, -0.05) is 0 Å². The second-order valence-electron chi connectivity index (χ2n) is 4.99. The van der Waals surface area contributed by atoms with Gasteiger partial charge in [0, 0.05) is 5.56 Å². The quantitative estimate of drug-likeness (QED) is 0.812. The Morgan fingerprint density at radius 1 is 1.38 bits per heavy atom. The molecule has 1 aromatic carbocycles. The van der Waals surface area contributed by atoms with Crippen molar-refractivity contribution < 1.29 is 13.5 Å². The summed E-state index contributed by atoms with van der Waals surface area (Å²) in [6.07, 6.45) is 2.39. The number of methoxy groups -OCH3 is 1. The second kappa shape index (κ2) is 5.95. The molecule has 0 amide bonds. The van der Waals surface area contributed by atoms with Gasteiger partial charge in [0.15, 0.2) is 11.6 Å². The molecule has 7 heteroatoms. The maximum atomic E-state index is 13.7. The molecular weight excluding hydrogens is 293 g/mol. The van der Waals surface area contributed by atoms with E-state index in [-0.39, 0.29) is 5.75 Å². The molecule has 1 aliphatic rings. The van der Waals surface area contributed by atoms with Crippen LogP contribution in [0.1, 0.15) is 12.8 Å². The fraction of sp³-hybridized carbons (Fsp3) is 0.429. The number of rotatable bonds is 4. The molecule has 2 heterocycles. The van der Waals surface area contributed by atoms with Gasteiger partial charge in [-0.2, -0.15) is 0 Å². The topological polar surface area (TPSA) is 43.4 Å². The summed E-state index contributed by atoms with van der Waals surface area (Å²) in [5, 5.41) is 4.34. The van der Waals surface area contributed by atoms with Crippen LogP contribution in [0.2, 0.25) is 0 Å². The van der Waals surface area contributed by atoms with E-state index in [9.17, 15) is 4.39 Å². The van der Waals surface area contributed by atoms with Crippen LogP contribution in [0.25, 0.3) is 11.5 Å². The molecule has 0 radical (unpaired) electrons. The molecule has 0 spiro atoms. The van der Waals surface area contributed by atoms with Crippen LogP contribution in [0.5, 0.6) is 5.75 Å². The maximum Gasteiger partial charge on any atom is 0.288 e. The smallest absolute Gasteiger partial charge is 0.288 e. The molecule has 1 aliphatic heterocycles. The van der Waals surface area contributed by atoms with Crippen LogP contribution in [-0.4, -0.2) is 34.9 Å². The highest BCUT2D eigenvalue weighted by Crippen LogP contribution is 2.24. The maximum absolute atomic E-state index is 13.7. The molecule has 0 atom stereocenters. The highest BCUT2D eigenvalue weighted by atomic mass is 32.1. The average Bonchev–Trinajstić information content (AvgIpc) is 3.10. The molecule has 3 rings (SSSR count). The summed E-state index contributed by atoms with van der Waals surface area (Å²) in [7, 11) is 1.43. The minimum absolute atomic E-state index is 0.189. The summed E-state index contributed by atoms with van der Waals surface area (Å²) in [5.74, 6) is 0.0554. The van der Waals surface area contributed by atoms with E-state index >= 15 is 0 Å². The minimum atomic E-state index is -0.454. The third-order valence-corrected chi connectivity index (χ3v) is 3.83. The average molecular weight is 309 g/mol. The van der Waals surface area contributed by atoms with Gasteiger partial charge >= 0.3 is 0 Å². The van der Waals surface area contributed by atoms with E-state index in [0.29, 0.717) is 23.0 Å². The third-order valence-electron chi connectivity index (χ3n) is 3.54. The van der Waals surface area contributed by atoms with E-state index in [1.807, 2.05) is 0 Å². The molecule has 1 aromatic heterocycles. The van der Waals surface area contributed by atoms with Crippen molar-refractivity contribution in [2.75, 3.05) is 20.2 Å². The van der Waals surface area contributed by atoms with Crippen LogP contribution < -0.4 is 4.74 Å². The van der Waals surface area contributed by atoms with Gasteiger partial charge in [0.2, 0.25) is 5.89 Å². The predicted molar refractivity (Wildman–Crippen MR) is 78.1 cm³/mol. The van der Waals surface area contributed by atoms with Gasteiger partial charge < -0.3 is 9.15 Å². The molecule has 5 nitrogen and oxygen atoms in total. The summed E-state index contributed by atoms with van der Waals surface area (Å²) < 4.78 is 25.7. The lowest BCUT2D eigenvalue weighted by Crippen LogP contribution is -2.23. The Bertz CT molecular complexity index is 692. The number of nitrogens with zero attached hydrogens (tertiary/aromatic N) is 3. The Labute approximate surface area is 126 Å². The molecule has 1 saturated heterocycles. The Morgan fingerprint density at radius 3 is 2.81 bits per heavy atom. The predicted octanol–water partition coefficient (Wildman–Crippen LogP) is 3.07. The standard InChI is InChI=1S/C14H16FN3O2S/c1-19-12-5-4-10(8-11(12)15)13-16-18(14(21)20-13)9-17-6-2-3-7-17/h4-5,8H,2-3,6-7,9H2,1H3. The molecule has 1 fully saturated rings. The summed E-state index contributed by atoms with van der Waals surface area (Å²) in [6, 6.07) is 4.57. The van der Waals surface area contributed by atoms with Gasteiger partial charge in [-0.25, -0.2) is 9.07 Å². The first-order valence-corrected chi connectivity index (χ1v) is 7.22. The molecule has 21 heavy (non-hydrogen) atoms. The van der Waals surface area contributed by atoms with Crippen LogP contribution in [0.15, 0.2) is 22.6 Å². The molecular formula is C14H16FN3O2S. The van der Waals surface area contributed by atoms with Gasteiger partial charge in [0.05, 0.1) is 13.8 Å². The zero-order valence-corrected chi connectivity index (χ0v) is 12.5. The van der Waals surface area contributed by atoms with Gasteiger partial charge in [0.25, 0.3) is 4.84 Å². The van der Waals surface area contributed by atoms with Crippen molar-refractivity contribution in [3.05, 3.63) is 28.9 Å². The van der Waals surface area contributed by atoms with Gasteiger partial charge in [-0.05, 0) is 56.3 Å². The van der Waals surface area contributed by atoms with E-state index in [0.717, 1.165) is 13.1 Å². The number of ether oxygens (including phenoxy) is 1. The number of hydrogen-bond donors (Lipinski definition) is 0. The molecule has 0 saturated carbocycles. The van der Waals surface area contributed by atoms with Crippen molar-refractivity contribution in [1.82, 2.24) is 14.7 Å². The minimum Gasteiger partial charge on any atom is -0.494 e. The lowest BCUT2D eigenvalue weighted by atomic mass is 10.2. The first kappa shape index (κ1) is 14.2. The highest BCUT2D eigenvalue weighted by Gasteiger charge is 2.16. The van der Waals surface area contributed by atoms with Crippen molar-refractivity contribution in [2.24, 2.45) is 0 Å². The van der Waals surface area contributed by atoms with Gasteiger partial charge in [-0.15, -0.1) is 5.10 Å². The van der Waals surface area contributed by atoms with Crippen molar-refractivity contribution >= 4 is 12.2 Å². The molecule has 0 unspecified atom stereocenters. The van der Waals surface area contributed by atoms with Crippen LogP contribution in [0.4, 0.5) is 4.39 Å². The van der Waals surface area contributed by atoms with Crippen LogP contribution in [-0.2, 0) is 6.67 Å². The molecule has 0 N–H and O–H groups in total. The second-order valence-corrected chi connectivity index (χ2v) is 5.34. The third kappa shape index (κ3) is 2.98. The van der Waals surface area contributed by atoms with E-state index in [1.165, 1.54) is 26.0 Å². The van der Waals surface area contributed by atoms with Gasteiger partial charge in [0.1, 0.15) is 0 Å². The number of hydrogen-bond acceptors (Lipinski definition) is 5. The fourth-order valence-corrected chi connectivity index (χ4v) is 2.60. The van der Waals surface area contributed by atoms with E-state index < -0.39 is 5.82 Å². The van der Waals surface area contributed by atoms with Crippen molar-refractivity contribution in [1.29, 1.82) is 0 Å². The van der Waals surface area contributed by atoms with E-state index in [4.69, 9.17) is 21.4 Å². The van der Waals surface area contributed by atoms with Crippen molar-refractivity contribution in [3.63, 3.8) is 0 Å². The first-order chi connectivity index (χ1) is 10.2. The zero-order valence-electron chi connectivity index (χ0n) is 11.7. The van der Waals surface area contributed by atoms with Crippen molar-refractivity contribution in [2.45, 2.75) is 19.5 Å². The van der Waals surface area contributed by atoms with Gasteiger partial charge in [-0.3, -0.25) is 4.90 Å². The normalized spacial score (nSPS) is 15.5. The molecule has 112 valence electrons. The van der Waals surface area contributed by atoms with Crippen LogP contribution in [0.3, 0.4) is 0 Å². The number of benzene rings is 1. The first-order valence-electron chi connectivity index (χ1n) is 6.81. The monoisotopic (exact) mass is 309 g/mol. The van der Waals surface area contributed by atoms with E-state index in [2.05, 4.69) is 10.00 Å². The van der Waals surface area contributed by atoms with E-state index in [1.54, 1.807) is 16.8 Å². The summed E-state index contributed by atoms with van der Waals surface area (Å²) in [5.41, 5.74) is 0.541. The summed E-state index contributed by atoms with van der Waals surface area (Å²) >= 11 is 5.18. The Morgan fingerprint density at radius 2 is 2.14 bits per heavy atom. The van der Waals surface area contributed by atoms with Crippen LogP contribution in [0, 0.1) is 10.7 Å². The molecule has 2 aromatic rings. The lowest BCUT2D eigenvalue weighted by Gasteiger charge is -2.12. The molecule has 0 bridgehead atoms. The lowest BCUT2D eigenvalue weighted by molar-refractivity contribution is 0.249. The number of likely N-dealkylation sites (tertiary alicyclic amines) is 1. The number of aromatic nitrogens is 2. The largest absolute Gasteiger partial charge is 0.494 e. The zero-order chi connectivity index (χ0) is 14.8. The van der Waals surface area contributed by atoms with Crippen LogP contribution >= 0.6 is 12.2 Å². The fourth-order valence-electron chi connectivity index (χ4n) is 2.43. The summed E-state index contributed by atoms with van der Waals surface area (Å²) in [6.45, 7) is 2.70. The van der Waals surface area contributed by atoms with Crippen molar-refractivity contribution in [3.8, 4) is 17.2 Å².